The average Bonchev–Trinajstić information content (AvgIpc) is 2.53. The number of anilines is 1. The molecule has 0 saturated carbocycles. The molecule has 1 N–H and O–H groups in total. The maximum Gasteiger partial charge on any atom is 0.185 e. The van der Waals surface area contributed by atoms with E-state index in [1.807, 2.05) is 18.5 Å². The Kier molecular flexibility index (Phi) is 2.26. The Morgan fingerprint density at radius 1 is 1.69 bits per heavy atom. The Morgan fingerprint density at radius 3 is 3.15 bits per heavy atom. The number of nitrogens with zero attached hydrogens (tertiary/aromatic N) is 2. The van der Waals surface area contributed by atoms with Gasteiger partial charge in [0.15, 0.2) is 5.13 Å². The summed E-state index contributed by atoms with van der Waals surface area (Å²) in [6, 6.07) is 0. The van der Waals surface area contributed by atoms with Crippen molar-refractivity contribution in [1.29, 1.82) is 0 Å². The molecule has 1 aliphatic rings. The van der Waals surface area contributed by atoms with Gasteiger partial charge in [-0.05, 0) is 19.8 Å². The first kappa shape index (κ1) is 8.97. The molecule has 1 aromatic rings. The third-order valence-corrected chi connectivity index (χ3v) is 3.20. The Morgan fingerprint density at radius 2 is 2.54 bits per heavy atom. The summed E-state index contributed by atoms with van der Waals surface area (Å²) in [5, 5.41) is 12.9. The van der Waals surface area contributed by atoms with Gasteiger partial charge in [0.2, 0.25) is 0 Å². The van der Waals surface area contributed by atoms with Crippen molar-refractivity contribution in [1.82, 2.24) is 4.98 Å². The summed E-state index contributed by atoms with van der Waals surface area (Å²) in [7, 11) is 0. The van der Waals surface area contributed by atoms with E-state index in [1.165, 1.54) is 0 Å². The van der Waals surface area contributed by atoms with E-state index >= 15 is 0 Å². The Hall–Kier alpha value is -0.610. The number of aromatic nitrogens is 1. The van der Waals surface area contributed by atoms with Crippen LogP contribution in [0.1, 0.15) is 19.8 Å². The van der Waals surface area contributed by atoms with Crippen LogP contribution in [0.2, 0.25) is 0 Å². The SMILES string of the molecule is CC1(O)CCCN(c2nccs2)C1. The first-order valence-electron chi connectivity index (χ1n) is 4.54. The van der Waals surface area contributed by atoms with Crippen LogP contribution in [0.25, 0.3) is 0 Å². The van der Waals surface area contributed by atoms with E-state index in [2.05, 4.69) is 9.88 Å². The van der Waals surface area contributed by atoms with E-state index in [0.717, 1.165) is 24.5 Å². The van der Waals surface area contributed by atoms with Crippen molar-refractivity contribution in [3.8, 4) is 0 Å². The van der Waals surface area contributed by atoms with E-state index < -0.39 is 5.60 Å². The standard InChI is InChI=1S/C9H14N2OS/c1-9(12)3-2-5-11(7-9)8-10-4-6-13-8/h4,6,12H,2-3,5,7H2,1H3. The first-order chi connectivity index (χ1) is 6.17. The van der Waals surface area contributed by atoms with E-state index in [-0.39, 0.29) is 0 Å². The van der Waals surface area contributed by atoms with Crippen LogP contribution < -0.4 is 4.90 Å². The van der Waals surface area contributed by atoms with Crippen LogP contribution in [0.15, 0.2) is 11.6 Å². The molecule has 1 aliphatic heterocycles. The minimum atomic E-state index is -0.538. The number of hydrogen-bond acceptors (Lipinski definition) is 4. The van der Waals surface area contributed by atoms with E-state index in [1.54, 1.807) is 11.3 Å². The molecule has 1 unspecified atom stereocenters. The van der Waals surface area contributed by atoms with Gasteiger partial charge < -0.3 is 10.0 Å². The van der Waals surface area contributed by atoms with Gasteiger partial charge in [0.25, 0.3) is 0 Å². The van der Waals surface area contributed by atoms with Gasteiger partial charge in [-0.3, -0.25) is 0 Å². The van der Waals surface area contributed by atoms with Crippen molar-refractivity contribution in [3.05, 3.63) is 11.6 Å². The van der Waals surface area contributed by atoms with Crippen molar-refractivity contribution >= 4 is 16.5 Å². The molecule has 0 aliphatic carbocycles. The van der Waals surface area contributed by atoms with Crippen LogP contribution >= 0.6 is 11.3 Å². The Bertz CT molecular complexity index is 271. The maximum atomic E-state index is 9.88. The Labute approximate surface area is 82.0 Å². The largest absolute Gasteiger partial charge is 0.388 e. The van der Waals surface area contributed by atoms with Crippen molar-refractivity contribution in [2.24, 2.45) is 0 Å². The highest BCUT2D eigenvalue weighted by Crippen LogP contribution is 2.26. The summed E-state index contributed by atoms with van der Waals surface area (Å²) in [4.78, 5) is 6.40. The fourth-order valence-electron chi connectivity index (χ4n) is 1.76. The molecule has 2 rings (SSSR count). The summed E-state index contributed by atoms with van der Waals surface area (Å²) in [5.74, 6) is 0. The van der Waals surface area contributed by atoms with Crippen LogP contribution in [0.4, 0.5) is 5.13 Å². The van der Waals surface area contributed by atoms with E-state index in [0.29, 0.717) is 6.54 Å². The summed E-state index contributed by atoms with van der Waals surface area (Å²) >= 11 is 1.63. The fraction of sp³-hybridized carbons (Fsp3) is 0.667. The molecule has 1 aromatic heterocycles. The first-order valence-corrected chi connectivity index (χ1v) is 5.42. The van der Waals surface area contributed by atoms with Crippen molar-refractivity contribution in [3.63, 3.8) is 0 Å². The molecule has 1 atom stereocenters. The summed E-state index contributed by atoms with van der Waals surface area (Å²) < 4.78 is 0. The molecule has 2 heterocycles. The molecule has 1 saturated heterocycles. The highest BCUT2D eigenvalue weighted by atomic mass is 32.1. The van der Waals surface area contributed by atoms with E-state index in [4.69, 9.17) is 0 Å². The minimum absolute atomic E-state index is 0.538. The van der Waals surface area contributed by atoms with Gasteiger partial charge in [-0.25, -0.2) is 4.98 Å². The zero-order valence-corrected chi connectivity index (χ0v) is 8.55. The molecule has 13 heavy (non-hydrogen) atoms. The summed E-state index contributed by atoms with van der Waals surface area (Å²) in [6.45, 7) is 3.62. The van der Waals surface area contributed by atoms with Crippen molar-refractivity contribution < 1.29 is 5.11 Å². The maximum absolute atomic E-state index is 9.88. The smallest absolute Gasteiger partial charge is 0.185 e. The zero-order valence-electron chi connectivity index (χ0n) is 7.73. The second-order valence-electron chi connectivity index (χ2n) is 3.84. The number of hydrogen-bond donors (Lipinski definition) is 1. The lowest BCUT2D eigenvalue weighted by Gasteiger charge is -2.36. The van der Waals surface area contributed by atoms with Crippen LogP contribution in [-0.4, -0.2) is 28.8 Å². The fourth-order valence-corrected chi connectivity index (χ4v) is 2.43. The normalized spacial score (nSPS) is 29.2. The van der Waals surface area contributed by atoms with Gasteiger partial charge in [0, 0.05) is 24.7 Å². The monoisotopic (exact) mass is 198 g/mol. The van der Waals surface area contributed by atoms with Gasteiger partial charge in [-0.1, -0.05) is 0 Å². The number of aliphatic hydroxyl groups is 1. The van der Waals surface area contributed by atoms with Crippen molar-refractivity contribution in [2.75, 3.05) is 18.0 Å². The lowest BCUT2D eigenvalue weighted by molar-refractivity contribution is 0.0449. The van der Waals surface area contributed by atoms with Gasteiger partial charge in [0.1, 0.15) is 0 Å². The predicted octanol–water partition coefficient (Wildman–Crippen LogP) is 1.49. The van der Waals surface area contributed by atoms with Gasteiger partial charge in [-0.2, -0.15) is 0 Å². The Balaban J connectivity index is 2.09. The second kappa shape index (κ2) is 3.27. The predicted molar refractivity (Wildman–Crippen MR) is 54.2 cm³/mol. The lowest BCUT2D eigenvalue weighted by atomic mass is 9.96. The molecule has 1 fully saturated rings. The van der Waals surface area contributed by atoms with Gasteiger partial charge in [-0.15, -0.1) is 11.3 Å². The molecular weight excluding hydrogens is 184 g/mol. The highest BCUT2D eigenvalue weighted by molar-refractivity contribution is 7.13. The third-order valence-electron chi connectivity index (χ3n) is 2.36. The van der Waals surface area contributed by atoms with Gasteiger partial charge in [0.05, 0.1) is 5.60 Å². The molecule has 0 radical (unpaired) electrons. The molecule has 0 bridgehead atoms. The molecular formula is C9H14N2OS. The number of thiazole rings is 1. The molecule has 0 aromatic carbocycles. The quantitative estimate of drug-likeness (QED) is 0.743. The summed E-state index contributed by atoms with van der Waals surface area (Å²) in [5.41, 5.74) is -0.538. The number of β-amino-alcohol motifs (C(OH)–C–C–N with tert-alkyl or cyclic N) is 1. The third kappa shape index (κ3) is 2.00. The average molecular weight is 198 g/mol. The van der Waals surface area contributed by atoms with Crippen LogP contribution in [0.3, 0.4) is 0 Å². The molecule has 0 amide bonds. The minimum Gasteiger partial charge on any atom is -0.388 e. The molecule has 3 nitrogen and oxygen atoms in total. The van der Waals surface area contributed by atoms with Crippen LogP contribution in [0, 0.1) is 0 Å². The van der Waals surface area contributed by atoms with Gasteiger partial charge >= 0.3 is 0 Å². The topological polar surface area (TPSA) is 36.4 Å². The summed E-state index contributed by atoms with van der Waals surface area (Å²) in [6.07, 6.45) is 3.75. The highest BCUT2D eigenvalue weighted by Gasteiger charge is 2.29. The zero-order chi connectivity index (χ0) is 9.31. The molecule has 72 valence electrons. The van der Waals surface area contributed by atoms with Crippen LogP contribution in [-0.2, 0) is 0 Å². The lowest BCUT2D eigenvalue weighted by Crippen LogP contribution is -2.46. The molecule has 4 heteroatoms. The van der Waals surface area contributed by atoms with E-state index in [9.17, 15) is 5.11 Å². The molecule has 0 spiro atoms. The van der Waals surface area contributed by atoms with Crippen molar-refractivity contribution in [2.45, 2.75) is 25.4 Å². The number of piperidine rings is 1. The second-order valence-corrected chi connectivity index (χ2v) is 4.71. The van der Waals surface area contributed by atoms with Crippen LogP contribution in [0.5, 0.6) is 0 Å². The number of rotatable bonds is 1.